The molecule has 1 saturated carbocycles. The van der Waals surface area contributed by atoms with Crippen molar-refractivity contribution in [1.29, 1.82) is 0 Å². The Morgan fingerprint density at radius 1 is 0.963 bits per heavy atom. The molecule has 18 atom stereocenters. The van der Waals surface area contributed by atoms with E-state index in [1.807, 2.05) is 32.8 Å². The third kappa shape index (κ3) is 15.5. The van der Waals surface area contributed by atoms with Crippen molar-refractivity contribution >= 4 is 51.8 Å². The zero-order valence-electron chi connectivity index (χ0n) is 49.9. The SMILES string of the molecule is CC[C@H]1OC(=O)[C@H](C)[C@@H](O[C@H]2C[C@@](C)(OC)[C@@H](OC(=O)CCOCCNc3cc4c(=O)c(C(=O)O)cn(C5CC5)c4cc3Cl)[C@H](C)O2)[C@H](C)[C@@H](O[C@@H]2O[C@H](C)C[C@H](N(C)C)[C@H]2O)[C@](C)(O)C[C@@H](C)C(=NOC(C)C)[C@H](C)[C@@H](O)[C@]1(C)O. The van der Waals surface area contributed by atoms with E-state index in [0.717, 1.165) is 12.8 Å². The molecule has 23 heteroatoms. The summed E-state index contributed by atoms with van der Waals surface area (Å²) >= 11 is 6.62. The molecule has 6 rings (SSSR count). The number of ether oxygens (including phenoxy) is 8. The fourth-order valence-corrected chi connectivity index (χ4v) is 12.2. The van der Waals surface area contributed by atoms with Gasteiger partial charge in [-0.3, -0.25) is 14.4 Å². The smallest absolute Gasteiger partial charge is 0.341 e. The molecule has 0 bridgehead atoms. The van der Waals surface area contributed by atoms with Gasteiger partial charge in [0.05, 0.1) is 83.6 Å². The van der Waals surface area contributed by atoms with Crippen LogP contribution in [0.3, 0.4) is 0 Å². The second kappa shape index (κ2) is 27.3. The number of esters is 2. The Kier molecular flexibility index (Phi) is 22.3. The molecular formula is C58H91ClN4O18. The number of hydrogen-bond donors (Lipinski definition) is 6. The second-order valence-electron chi connectivity index (χ2n) is 24.2. The maximum Gasteiger partial charge on any atom is 0.341 e. The minimum absolute atomic E-state index is 0.0133. The molecule has 81 heavy (non-hydrogen) atoms. The van der Waals surface area contributed by atoms with Crippen LogP contribution in [0.25, 0.3) is 10.9 Å². The quantitative estimate of drug-likeness (QED) is 0.0529. The van der Waals surface area contributed by atoms with E-state index in [1.54, 1.807) is 79.0 Å². The number of anilines is 1. The lowest BCUT2D eigenvalue weighted by Gasteiger charge is -2.49. The van der Waals surface area contributed by atoms with Gasteiger partial charge in [0.25, 0.3) is 0 Å². The lowest BCUT2D eigenvalue weighted by atomic mass is 9.73. The van der Waals surface area contributed by atoms with Gasteiger partial charge in [-0.05, 0) is 114 Å². The van der Waals surface area contributed by atoms with Crippen LogP contribution in [0.15, 0.2) is 28.3 Å². The van der Waals surface area contributed by atoms with Gasteiger partial charge >= 0.3 is 17.9 Å². The van der Waals surface area contributed by atoms with Crippen LogP contribution in [0, 0.1) is 23.7 Å². The van der Waals surface area contributed by atoms with Crippen LogP contribution in [-0.2, 0) is 52.3 Å². The summed E-state index contributed by atoms with van der Waals surface area (Å²) in [6.07, 6.45) is -7.64. The minimum Gasteiger partial charge on any atom is -0.477 e. The standard InChI is InChI=1S/C58H91ClN4O18/c1-16-43-58(12,72)50(67)32(6)46(61-81-29(2)3)30(4)26-56(10,71)51(80-55-48(66)42(62(13)14)23-31(5)75-55)33(7)49(34(8)54(70)77-43)79-45-27-57(11,73-15)52(35(9)76-45)78-44(64)19-21-74-22-20-60-40-24-37-41(25-39(40)59)63(36-17-18-36)28-38(47(37)65)53(68)69/h24-25,28-36,42-43,45,48-52,55,60,66-67,71-72H,16-23,26-27H2,1-15H3,(H,68,69)/t30-,31-,32+,33+,34-,35+,42+,43-,45+,48-,49+,50-,51-,52+,55+,56-,57-,58-/m1/s1. The largest absolute Gasteiger partial charge is 0.477 e. The third-order valence-corrected chi connectivity index (χ3v) is 17.1. The number of carboxylic acids is 1. The number of aromatic carboxylic acids is 1. The Balaban J connectivity index is 1.20. The first kappa shape index (κ1) is 66.1. The number of carbonyl (C=O) groups is 3. The molecule has 2 aromatic rings. The molecule has 3 aliphatic heterocycles. The number of aliphatic hydroxyl groups is 4. The maximum atomic E-state index is 14.7. The Hall–Kier alpha value is -4.04. The van der Waals surface area contributed by atoms with Gasteiger partial charge in [0.2, 0.25) is 5.43 Å². The molecule has 0 spiro atoms. The summed E-state index contributed by atoms with van der Waals surface area (Å²) < 4.78 is 52.4. The summed E-state index contributed by atoms with van der Waals surface area (Å²) in [6, 6.07) is 2.92. The van der Waals surface area contributed by atoms with Gasteiger partial charge in [-0.15, -0.1) is 0 Å². The van der Waals surface area contributed by atoms with Crippen molar-refractivity contribution in [2.45, 2.75) is 224 Å². The van der Waals surface area contributed by atoms with E-state index in [2.05, 4.69) is 10.5 Å². The zero-order chi connectivity index (χ0) is 60.2. The molecule has 6 N–H and O–H groups in total. The molecule has 1 aromatic carbocycles. The molecule has 1 aliphatic carbocycles. The molecule has 4 aliphatic rings. The van der Waals surface area contributed by atoms with Crippen molar-refractivity contribution in [2.24, 2.45) is 28.8 Å². The van der Waals surface area contributed by atoms with Crippen molar-refractivity contribution in [2.75, 3.05) is 46.3 Å². The van der Waals surface area contributed by atoms with Crippen molar-refractivity contribution in [1.82, 2.24) is 9.47 Å². The van der Waals surface area contributed by atoms with Gasteiger partial charge in [-0.2, -0.15) is 0 Å². The van der Waals surface area contributed by atoms with Gasteiger partial charge in [0.1, 0.15) is 35.1 Å². The number of oxime groups is 1. The number of likely N-dealkylation sites (N-methyl/N-ethyl adjacent to an activating group) is 1. The number of halogens is 1. The highest BCUT2D eigenvalue weighted by atomic mass is 35.5. The molecule has 22 nitrogen and oxygen atoms in total. The summed E-state index contributed by atoms with van der Waals surface area (Å²) in [5.41, 5.74) is -4.64. The third-order valence-electron chi connectivity index (χ3n) is 16.7. The molecule has 1 aromatic heterocycles. The van der Waals surface area contributed by atoms with Crippen molar-refractivity contribution < 1.29 is 82.6 Å². The number of carbonyl (C=O) groups excluding carboxylic acids is 2. The Morgan fingerprint density at radius 3 is 2.25 bits per heavy atom. The van der Waals surface area contributed by atoms with E-state index in [0.29, 0.717) is 28.4 Å². The van der Waals surface area contributed by atoms with E-state index in [1.165, 1.54) is 20.2 Å². The van der Waals surface area contributed by atoms with E-state index in [-0.39, 0.29) is 80.7 Å². The summed E-state index contributed by atoms with van der Waals surface area (Å²) in [5, 5.41) is 66.8. The van der Waals surface area contributed by atoms with Gasteiger partial charge in [-0.25, -0.2) is 4.79 Å². The minimum atomic E-state index is -2.00. The number of pyridine rings is 1. The predicted molar refractivity (Wildman–Crippen MR) is 301 cm³/mol. The van der Waals surface area contributed by atoms with E-state index >= 15 is 0 Å². The number of benzene rings is 1. The Labute approximate surface area is 481 Å². The summed E-state index contributed by atoms with van der Waals surface area (Å²) in [6.45, 7) is 20.9. The number of aromatic nitrogens is 1. The molecule has 4 heterocycles. The maximum absolute atomic E-state index is 14.7. The van der Waals surface area contributed by atoms with Crippen molar-refractivity contribution in [3.05, 3.63) is 39.1 Å². The number of carboxylic acid groups (broad SMARTS) is 1. The number of aliphatic hydroxyl groups excluding tert-OH is 2. The number of rotatable bonds is 19. The molecule has 0 amide bonds. The summed E-state index contributed by atoms with van der Waals surface area (Å²) in [4.78, 5) is 60.9. The van der Waals surface area contributed by atoms with Gasteiger partial charge in [0.15, 0.2) is 18.7 Å². The van der Waals surface area contributed by atoms with Crippen LogP contribution in [-0.4, -0.2) is 190 Å². The highest BCUT2D eigenvalue weighted by molar-refractivity contribution is 6.34. The number of cyclic esters (lactones) is 1. The highest BCUT2D eigenvalue weighted by Gasteiger charge is 2.54. The normalized spacial score (nSPS) is 37.0. The van der Waals surface area contributed by atoms with Crippen LogP contribution in [0.5, 0.6) is 0 Å². The van der Waals surface area contributed by atoms with Crippen LogP contribution in [0.1, 0.15) is 144 Å². The first-order valence-electron chi connectivity index (χ1n) is 28.6. The van der Waals surface area contributed by atoms with Gasteiger partial charge in [0, 0.05) is 61.5 Å². The fraction of sp³-hybridized carbons (Fsp3) is 0.776. The molecule has 3 saturated heterocycles. The molecule has 4 fully saturated rings. The monoisotopic (exact) mass is 1170 g/mol. The Morgan fingerprint density at radius 2 is 1.64 bits per heavy atom. The van der Waals surface area contributed by atoms with Gasteiger partial charge < -0.3 is 83.0 Å². The second-order valence-corrected chi connectivity index (χ2v) is 24.6. The fourth-order valence-electron chi connectivity index (χ4n) is 12.0. The number of methoxy groups -OCH3 is 1. The molecule has 0 unspecified atom stereocenters. The first-order valence-corrected chi connectivity index (χ1v) is 29.0. The van der Waals surface area contributed by atoms with Gasteiger partial charge in [-0.1, -0.05) is 44.5 Å². The number of nitrogens with zero attached hydrogens (tertiary/aromatic N) is 3. The van der Waals surface area contributed by atoms with Crippen LogP contribution in [0.2, 0.25) is 5.02 Å². The predicted octanol–water partition coefficient (Wildman–Crippen LogP) is 6.07. The van der Waals surface area contributed by atoms with Crippen molar-refractivity contribution in [3.8, 4) is 0 Å². The van der Waals surface area contributed by atoms with Crippen LogP contribution >= 0.6 is 11.6 Å². The summed E-state index contributed by atoms with van der Waals surface area (Å²) in [7, 11) is 5.17. The van der Waals surface area contributed by atoms with Crippen LogP contribution < -0.4 is 10.7 Å². The number of hydrogen-bond acceptors (Lipinski definition) is 20. The van der Waals surface area contributed by atoms with Crippen molar-refractivity contribution in [3.63, 3.8) is 0 Å². The summed E-state index contributed by atoms with van der Waals surface area (Å²) in [5.74, 6) is -6.24. The average molecular weight is 1170 g/mol. The highest BCUT2D eigenvalue weighted by Crippen LogP contribution is 2.43. The topological polar surface area (TPSA) is 285 Å². The molecular weight excluding hydrogens is 1080 g/mol. The Bertz CT molecular complexity index is 2570. The molecule has 0 radical (unpaired) electrons. The number of fused-ring (bicyclic) bond motifs is 1. The number of nitrogens with one attached hydrogen (secondary N) is 1. The molecule has 458 valence electrons. The average Bonchev–Trinajstić information content (AvgIpc) is 4.42. The van der Waals surface area contributed by atoms with E-state index in [9.17, 15) is 44.7 Å². The first-order chi connectivity index (χ1) is 37.9. The van der Waals surface area contributed by atoms with E-state index < -0.39 is 119 Å². The lowest BCUT2D eigenvalue weighted by molar-refractivity contribution is -0.318. The lowest BCUT2D eigenvalue weighted by Crippen LogP contribution is -2.61. The van der Waals surface area contributed by atoms with E-state index in [4.69, 9.17) is 54.3 Å². The zero-order valence-corrected chi connectivity index (χ0v) is 50.6. The van der Waals surface area contributed by atoms with Crippen LogP contribution in [0.4, 0.5) is 5.69 Å².